The molecule has 0 saturated heterocycles. The third kappa shape index (κ3) is 3.89. The Morgan fingerprint density at radius 3 is 2.60 bits per heavy atom. The van der Waals surface area contributed by atoms with Crippen LogP contribution in [0.2, 0.25) is 0 Å². The molecule has 1 aliphatic rings. The average molecular weight is 394 g/mol. The minimum absolute atomic E-state index is 0.0431. The van der Waals surface area contributed by atoms with E-state index in [2.05, 4.69) is 107 Å². The second-order valence-corrected chi connectivity index (χ2v) is 8.73. The molecule has 3 aromatic rings. The Morgan fingerprint density at radius 2 is 1.90 bits per heavy atom. The Bertz CT molecular complexity index is 1130. The first-order valence-corrected chi connectivity index (χ1v) is 10.9. The minimum atomic E-state index is -0.0431. The molecule has 1 aromatic heterocycles. The summed E-state index contributed by atoms with van der Waals surface area (Å²) in [6.45, 7) is 8.91. The highest BCUT2D eigenvalue weighted by atomic mass is 14.7. The van der Waals surface area contributed by atoms with Crippen molar-refractivity contribution in [3.05, 3.63) is 113 Å². The van der Waals surface area contributed by atoms with Gasteiger partial charge in [0.1, 0.15) is 0 Å². The zero-order valence-corrected chi connectivity index (χ0v) is 18.5. The van der Waals surface area contributed by atoms with Crippen LogP contribution in [-0.4, -0.2) is 4.98 Å². The number of fused-ring (bicyclic) bond motifs is 1. The van der Waals surface area contributed by atoms with Crippen molar-refractivity contribution < 1.29 is 0 Å². The van der Waals surface area contributed by atoms with Gasteiger partial charge in [-0.1, -0.05) is 79.3 Å². The molecule has 1 nitrogen and oxygen atoms in total. The third-order valence-electron chi connectivity index (χ3n) is 6.67. The van der Waals surface area contributed by atoms with Crippen LogP contribution in [0.3, 0.4) is 0 Å². The van der Waals surface area contributed by atoms with E-state index in [9.17, 15) is 0 Å². The summed E-state index contributed by atoms with van der Waals surface area (Å²) in [7, 11) is 0. The summed E-state index contributed by atoms with van der Waals surface area (Å²) in [4.78, 5) is 4.79. The highest BCUT2D eigenvalue weighted by molar-refractivity contribution is 5.84. The van der Waals surface area contributed by atoms with Gasteiger partial charge in [0.25, 0.3) is 0 Å². The summed E-state index contributed by atoms with van der Waals surface area (Å²) in [5.74, 6) is 0.454. The molecule has 0 amide bonds. The molecule has 30 heavy (non-hydrogen) atoms. The molecule has 0 spiro atoms. The van der Waals surface area contributed by atoms with Gasteiger partial charge >= 0.3 is 0 Å². The molecule has 0 bridgehead atoms. The number of aryl methyl sites for hydroxylation is 1. The Morgan fingerprint density at radius 1 is 1.10 bits per heavy atom. The second-order valence-electron chi connectivity index (χ2n) is 8.73. The number of pyridine rings is 1. The van der Waals surface area contributed by atoms with Gasteiger partial charge in [0.05, 0.1) is 5.52 Å². The van der Waals surface area contributed by atoms with Crippen LogP contribution >= 0.6 is 0 Å². The summed E-state index contributed by atoms with van der Waals surface area (Å²) < 4.78 is 0. The number of rotatable bonds is 5. The molecule has 2 unspecified atom stereocenters. The average Bonchev–Trinajstić information content (AvgIpc) is 2.77. The summed E-state index contributed by atoms with van der Waals surface area (Å²) in [5, 5.41) is 1.27. The minimum Gasteiger partial charge on any atom is -0.256 e. The molecule has 1 aliphatic carbocycles. The lowest BCUT2D eigenvalue weighted by molar-refractivity contribution is 0.429. The maximum absolute atomic E-state index is 4.79. The van der Waals surface area contributed by atoms with E-state index in [1.807, 2.05) is 6.20 Å². The molecule has 0 saturated carbocycles. The smallest absolute Gasteiger partial charge is 0.0705 e. The molecule has 152 valence electrons. The summed E-state index contributed by atoms with van der Waals surface area (Å²) in [6, 6.07) is 17.5. The fraction of sp³-hybridized carbons (Fsp3) is 0.276. The molecule has 0 radical (unpaired) electrons. The lowest BCUT2D eigenvalue weighted by atomic mass is 9.68. The van der Waals surface area contributed by atoms with Crippen molar-refractivity contribution in [3.8, 4) is 0 Å². The molecule has 1 heteroatoms. The lowest BCUT2D eigenvalue weighted by Gasteiger charge is -2.35. The number of allylic oxidation sites excluding steroid dienone is 6. The van der Waals surface area contributed by atoms with Crippen LogP contribution in [0.5, 0.6) is 0 Å². The SMILES string of the molecule is C/C=C/C(C)(c1ccc2ncc(Cc3ccccc3)c(C)c2c1)C1C=CC(C)=CC1. The topological polar surface area (TPSA) is 12.9 Å². The molecular formula is C29H31N. The molecule has 2 aromatic carbocycles. The van der Waals surface area contributed by atoms with Crippen LogP contribution in [0.4, 0.5) is 0 Å². The van der Waals surface area contributed by atoms with Gasteiger partial charge < -0.3 is 0 Å². The molecule has 1 heterocycles. The summed E-state index contributed by atoms with van der Waals surface area (Å²) in [6.07, 6.45) is 15.6. The summed E-state index contributed by atoms with van der Waals surface area (Å²) >= 11 is 0. The van der Waals surface area contributed by atoms with E-state index in [0.717, 1.165) is 18.4 Å². The van der Waals surface area contributed by atoms with Gasteiger partial charge in [-0.15, -0.1) is 0 Å². The Labute approximate surface area is 180 Å². The van der Waals surface area contributed by atoms with Crippen molar-refractivity contribution in [2.75, 3.05) is 0 Å². The van der Waals surface area contributed by atoms with Crippen LogP contribution < -0.4 is 0 Å². The number of hydrogen-bond donors (Lipinski definition) is 0. The van der Waals surface area contributed by atoms with E-state index in [1.54, 1.807) is 0 Å². The first-order chi connectivity index (χ1) is 14.5. The van der Waals surface area contributed by atoms with Crippen LogP contribution in [0, 0.1) is 12.8 Å². The number of benzene rings is 2. The zero-order valence-electron chi connectivity index (χ0n) is 18.5. The van der Waals surface area contributed by atoms with Crippen LogP contribution in [0.25, 0.3) is 10.9 Å². The van der Waals surface area contributed by atoms with Crippen LogP contribution in [0.15, 0.2) is 90.7 Å². The standard InChI is InChI=1S/C29H31N/c1-5-17-29(4,25-13-11-21(2)12-14-25)26-15-16-28-27(19-26)22(3)24(20-30-28)18-23-9-7-6-8-10-23/h5-13,15-17,19-20,25H,14,18H2,1-4H3/b17-5+. The second kappa shape index (κ2) is 8.44. The van der Waals surface area contributed by atoms with Gasteiger partial charge in [0.15, 0.2) is 0 Å². The van der Waals surface area contributed by atoms with Gasteiger partial charge in [-0.05, 0) is 73.9 Å². The van der Waals surface area contributed by atoms with E-state index < -0.39 is 0 Å². The largest absolute Gasteiger partial charge is 0.256 e. The first kappa shape index (κ1) is 20.3. The molecule has 4 rings (SSSR count). The summed E-state index contributed by atoms with van der Waals surface area (Å²) in [5.41, 5.74) is 7.71. The maximum atomic E-state index is 4.79. The molecule has 0 aliphatic heterocycles. The zero-order chi connectivity index (χ0) is 21.1. The van der Waals surface area contributed by atoms with Crippen LogP contribution in [0.1, 0.15) is 49.4 Å². The Balaban J connectivity index is 1.77. The number of nitrogens with zero attached hydrogens (tertiary/aromatic N) is 1. The van der Waals surface area contributed by atoms with Crippen molar-refractivity contribution >= 4 is 10.9 Å². The molecular weight excluding hydrogens is 362 g/mol. The van der Waals surface area contributed by atoms with Crippen molar-refractivity contribution in [2.45, 2.75) is 46.0 Å². The van der Waals surface area contributed by atoms with Crippen molar-refractivity contribution in [1.82, 2.24) is 4.98 Å². The Hall–Kier alpha value is -2.93. The maximum Gasteiger partial charge on any atom is 0.0705 e. The van der Waals surface area contributed by atoms with Gasteiger partial charge in [0.2, 0.25) is 0 Å². The predicted octanol–water partition coefficient (Wildman–Crippen LogP) is 7.49. The lowest BCUT2D eigenvalue weighted by Crippen LogP contribution is -2.29. The van der Waals surface area contributed by atoms with Crippen molar-refractivity contribution in [3.63, 3.8) is 0 Å². The first-order valence-electron chi connectivity index (χ1n) is 10.9. The molecule has 0 fully saturated rings. The fourth-order valence-electron chi connectivity index (χ4n) is 4.65. The quantitative estimate of drug-likeness (QED) is 0.409. The molecule has 2 atom stereocenters. The highest BCUT2D eigenvalue weighted by Gasteiger charge is 2.32. The van der Waals surface area contributed by atoms with E-state index in [1.165, 1.54) is 33.2 Å². The highest BCUT2D eigenvalue weighted by Crippen LogP contribution is 2.40. The molecule has 0 N–H and O–H groups in total. The van der Waals surface area contributed by atoms with Gasteiger partial charge in [-0.2, -0.15) is 0 Å². The van der Waals surface area contributed by atoms with Gasteiger partial charge in [0, 0.05) is 17.0 Å². The van der Waals surface area contributed by atoms with E-state index in [0.29, 0.717) is 5.92 Å². The third-order valence-corrected chi connectivity index (χ3v) is 6.67. The predicted molar refractivity (Wildman–Crippen MR) is 129 cm³/mol. The van der Waals surface area contributed by atoms with E-state index >= 15 is 0 Å². The number of aromatic nitrogens is 1. The number of hydrogen-bond acceptors (Lipinski definition) is 1. The fourth-order valence-corrected chi connectivity index (χ4v) is 4.65. The Kier molecular flexibility index (Phi) is 5.72. The van der Waals surface area contributed by atoms with E-state index in [4.69, 9.17) is 4.98 Å². The normalized spacial score (nSPS) is 18.5. The van der Waals surface area contributed by atoms with Crippen molar-refractivity contribution in [2.24, 2.45) is 5.92 Å². The van der Waals surface area contributed by atoms with Crippen molar-refractivity contribution in [1.29, 1.82) is 0 Å². The monoisotopic (exact) mass is 393 g/mol. The van der Waals surface area contributed by atoms with Gasteiger partial charge in [-0.3, -0.25) is 4.98 Å². The van der Waals surface area contributed by atoms with Crippen LogP contribution in [-0.2, 0) is 11.8 Å². The van der Waals surface area contributed by atoms with Gasteiger partial charge in [-0.25, -0.2) is 0 Å². The van der Waals surface area contributed by atoms with E-state index in [-0.39, 0.29) is 5.41 Å².